The van der Waals surface area contributed by atoms with E-state index in [-0.39, 0.29) is 25.7 Å². The number of hydrogen-bond acceptors (Lipinski definition) is 7. The molecule has 1 fully saturated rings. The Morgan fingerprint density at radius 2 is 1.48 bits per heavy atom. The molecule has 226 valence electrons. The van der Waals surface area contributed by atoms with Crippen LogP contribution in [-0.4, -0.2) is 41.6 Å². The first-order valence-corrected chi connectivity index (χ1v) is 14.7. The predicted octanol–water partition coefficient (Wildman–Crippen LogP) is 5.52. The molecule has 1 aliphatic heterocycles. The summed E-state index contributed by atoms with van der Waals surface area (Å²) in [4.78, 5) is 0. The molecule has 44 heavy (non-hydrogen) atoms. The number of benzene rings is 3. The molecule has 5 rings (SSSR count). The number of rotatable bonds is 14. The van der Waals surface area contributed by atoms with Gasteiger partial charge in [0.1, 0.15) is 35.9 Å². The number of nitrogens with zero attached hydrogens (tertiary/aromatic N) is 3. The first-order chi connectivity index (χ1) is 21.6. The minimum absolute atomic E-state index is 0.154. The van der Waals surface area contributed by atoms with Crippen molar-refractivity contribution in [1.82, 2.24) is 4.68 Å². The Balaban J connectivity index is 1.54. The molecule has 0 radical (unpaired) electrons. The third-order valence-corrected chi connectivity index (χ3v) is 7.41. The summed E-state index contributed by atoms with van der Waals surface area (Å²) in [5, 5.41) is 23.7. The van der Waals surface area contributed by atoms with Crippen LogP contribution in [0.4, 0.5) is 0 Å². The molecule has 9 nitrogen and oxygen atoms in total. The van der Waals surface area contributed by atoms with Gasteiger partial charge in [-0.25, -0.2) is 4.68 Å². The molecule has 0 amide bonds. The summed E-state index contributed by atoms with van der Waals surface area (Å²) < 4.78 is 27.5. The third-order valence-electron chi connectivity index (χ3n) is 7.41. The third kappa shape index (κ3) is 6.96. The van der Waals surface area contributed by atoms with Gasteiger partial charge in [-0.15, -0.1) is 0 Å². The highest BCUT2D eigenvalue weighted by atomic mass is 16.6. The molecule has 3 N–H and O–H groups in total. The van der Waals surface area contributed by atoms with Crippen molar-refractivity contribution in [3.63, 3.8) is 0 Å². The zero-order chi connectivity index (χ0) is 30.8. The molecule has 0 aliphatic carbocycles. The Kier molecular flexibility index (Phi) is 10.3. The summed E-state index contributed by atoms with van der Waals surface area (Å²) >= 11 is 0. The summed E-state index contributed by atoms with van der Waals surface area (Å²) in [6, 6.07) is 35.2. The number of ether oxygens (including phenoxy) is 4. The average molecular weight is 592 g/mol. The normalized spacial score (nSPS) is 21.4. The van der Waals surface area contributed by atoms with Crippen molar-refractivity contribution < 1.29 is 18.9 Å². The number of nitriles is 1. The Hall–Kier alpha value is -4.59. The quantitative estimate of drug-likeness (QED) is 0.147. The second-order valence-electron chi connectivity index (χ2n) is 10.5. The number of nitrogens with two attached hydrogens (primary N) is 1. The number of amidine groups is 1. The van der Waals surface area contributed by atoms with Crippen LogP contribution in [0.3, 0.4) is 0 Å². The van der Waals surface area contributed by atoms with Crippen LogP contribution >= 0.6 is 0 Å². The summed E-state index contributed by atoms with van der Waals surface area (Å²) in [5.74, 6) is -0.183. The Labute approximate surface area is 257 Å². The van der Waals surface area contributed by atoms with Crippen LogP contribution < -0.4 is 5.73 Å². The van der Waals surface area contributed by atoms with Crippen LogP contribution in [0.1, 0.15) is 41.4 Å². The standard InChI is InChI=1S/C35H37N5O4/c1-2-20-39-40-29(34(37)38)18-19-31(40)35(25-36)33(43-23-28-16-10-5-11-17-28)32(42-22-27-14-8-4-9-15-27)30(44-35)24-41-21-26-12-6-3-7-13-26/h3-20,30,32-33H,2,21-24H2,1H3,(H3,37,38)/b39-20-/t30-,32-,33-,35+/m1/s1. The van der Waals surface area contributed by atoms with E-state index in [1.54, 1.807) is 18.3 Å². The van der Waals surface area contributed by atoms with Crippen LogP contribution in [0.2, 0.25) is 0 Å². The lowest BCUT2D eigenvalue weighted by Gasteiger charge is -2.30. The van der Waals surface area contributed by atoms with Gasteiger partial charge in [0.05, 0.1) is 32.1 Å². The number of nitrogens with one attached hydrogen (secondary N) is 1. The molecular weight excluding hydrogens is 554 g/mol. The van der Waals surface area contributed by atoms with Gasteiger partial charge in [0.2, 0.25) is 5.60 Å². The molecule has 4 atom stereocenters. The molecule has 9 heteroatoms. The maximum Gasteiger partial charge on any atom is 0.225 e. The van der Waals surface area contributed by atoms with Crippen LogP contribution in [-0.2, 0) is 44.4 Å². The lowest BCUT2D eigenvalue weighted by molar-refractivity contribution is -0.0975. The highest BCUT2D eigenvalue weighted by Gasteiger charge is 2.60. The Morgan fingerprint density at radius 3 is 2.02 bits per heavy atom. The van der Waals surface area contributed by atoms with Crippen LogP contribution in [0.25, 0.3) is 0 Å². The lowest BCUT2D eigenvalue weighted by atomic mass is 9.92. The van der Waals surface area contributed by atoms with Gasteiger partial charge in [0.15, 0.2) is 0 Å². The van der Waals surface area contributed by atoms with Crippen molar-refractivity contribution in [2.45, 2.75) is 57.1 Å². The lowest BCUT2D eigenvalue weighted by Crippen LogP contribution is -2.44. The molecule has 4 aromatic rings. The highest BCUT2D eigenvalue weighted by Crippen LogP contribution is 2.44. The van der Waals surface area contributed by atoms with E-state index in [1.165, 1.54) is 4.68 Å². The molecular formula is C35H37N5O4. The van der Waals surface area contributed by atoms with Gasteiger partial charge in [-0.2, -0.15) is 10.4 Å². The van der Waals surface area contributed by atoms with Crippen molar-refractivity contribution >= 4 is 12.1 Å². The van der Waals surface area contributed by atoms with Gasteiger partial charge in [-0.1, -0.05) is 97.9 Å². The van der Waals surface area contributed by atoms with E-state index in [9.17, 15) is 5.26 Å². The first-order valence-electron chi connectivity index (χ1n) is 14.7. The molecule has 0 unspecified atom stereocenters. The largest absolute Gasteiger partial charge is 0.382 e. The molecule has 2 heterocycles. The van der Waals surface area contributed by atoms with E-state index in [2.05, 4.69) is 11.2 Å². The predicted molar refractivity (Wildman–Crippen MR) is 168 cm³/mol. The van der Waals surface area contributed by atoms with Gasteiger partial charge in [-0.05, 0) is 35.2 Å². The Bertz CT molecular complexity index is 1570. The minimum Gasteiger partial charge on any atom is -0.382 e. The maximum atomic E-state index is 11.0. The molecule has 1 saturated heterocycles. The average Bonchev–Trinajstić information content (AvgIpc) is 3.62. The summed E-state index contributed by atoms with van der Waals surface area (Å²) in [6.45, 7) is 2.98. The first kappa shape index (κ1) is 30.9. The smallest absolute Gasteiger partial charge is 0.225 e. The van der Waals surface area contributed by atoms with E-state index in [0.29, 0.717) is 24.4 Å². The van der Waals surface area contributed by atoms with Crippen molar-refractivity contribution in [3.05, 3.63) is 131 Å². The fourth-order valence-electron chi connectivity index (χ4n) is 5.28. The topological polar surface area (TPSA) is 128 Å². The monoisotopic (exact) mass is 591 g/mol. The van der Waals surface area contributed by atoms with Crippen molar-refractivity contribution in [3.8, 4) is 6.07 Å². The fourth-order valence-corrected chi connectivity index (χ4v) is 5.28. The number of hydrogen-bond donors (Lipinski definition) is 2. The van der Waals surface area contributed by atoms with Crippen LogP contribution in [0, 0.1) is 16.7 Å². The number of aromatic nitrogens is 1. The minimum atomic E-state index is -1.66. The van der Waals surface area contributed by atoms with E-state index in [0.717, 1.165) is 16.7 Å². The van der Waals surface area contributed by atoms with E-state index < -0.39 is 23.9 Å². The van der Waals surface area contributed by atoms with E-state index in [1.807, 2.05) is 97.9 Å². The van der Waals surface area contributed by atoms with Crippen molar-refractivity contribution in [2.75, 3.05) is 6.61 Å². The van der Waals surface area contributed by atoms with Gasteiger partial charge in [0, 0.05) is 6.21 Å². The maximum absolute atomic E-state index is 11.0. The molecule has 1 aliphatic rings. The molecule has 0 saturated carbocycles. The molecule has 0 spiro atoms. The zero-order valence-electron chi connectivity index (χ0n) is 24.7. The van der Waals surface area contributed by atoms with Crippen LogP contribution in [0.5, 0.6) is 0 Å². The zero-order valence-corrected chi connectivity index (χ0v) is 24.7. The fraction of sp³-hybridized carbons (Fsp3) is 0.286. The van der Waals surface area contributed by atoms with Crippen LogP contribution in [0.15, 0.2) is 108 Å². The molecule has 0 bridgehead atoms. The number of nitrogen functional groups attached to an aromatic ring is 1. The van der Waals surface area contributed by atoms with E-state index in [4.69, 9.17) is 30.1 Å². The van der Waals surface area contributed by atoms with Gasteiger partial charge in [0.25, 0.3) is 0 Å². The van der Waals surface area contributed by atoms with E-state index >= 15 is 0 Å². The van der Waals surface area contributed by atoms with Gasteiger partial charge in [-0.3, -0.25) is 5.41 Å². The Morgan fingerprint density at radius 1 is 0.909 bits per heavy atom. The second-order valence-corrected chi connectivity index (χ2v) is 10.5. The molecule has 3 aromatic carbocycles. The van der Waals surface area contributed by atoms with Gasteiger partial charge >= 0.3 is 0 Å². The second kappa shape index (κ2) is 14.7. The van der Waals surface area contributed by atoms with Gasteiger partial charge < -0.3 is 24.7 Å². The van der Waals surface area contributed by atoms with Crippen molar-refractivity contribution in [2.24, 2.45) is 10.8 Å². The highest BCUT2D eigenvalue weighted by molar-refractivity contribution is 5.93. The summed E-state index contributed by atoms with van der Waals surface area (Å²) in [6.07, 6.45) is 0.101. The SMILES string of the molecule is CC/C=N\n1c(C(=N)N)ccc1[C@]1(C#N)O[C@H](COCc2ccccc2)[C@@H](OCc2ccccc2)[C@H]1OCc1ccccc1. The molecule has 1 aromatic heterocycles. The summed E-state index contributed by atoms with van der Waals surface area (Å²) in [5.41, 5.74) is 7.94. The van der Waals surface area contributed by atoms with Crippen molar-refractivity contribution in [1.29, 1.82) is 10.7 Å². The summed E-state index contributed by atoms with van der Waals surface area (Å²) in [7, 11) is 0.